The second-order valence-corrected chi connectivity index (χ2v) is 5.20. The number of nitriles is 1. The predicted octanol–water partition coefficient (Wildman–Crippen LogP) is 2.17. The molecule has 0 N–H and O–H groups in total. The molecule has 0 spiro atoms. The number of alkyl halides is 1. The lowest BCUT2D eigenvalue weighted by Gasteiger charge is -2.31. The molecule has 0 aliphatic carbocycles. The molecule has 0 heterocycles. The number of amides is 1. The van der Waals surface area contributed by atoms with Gasteiger partial charge in [-0.1, -0.05) is 29.8 Å². The van der Waals surface area contributed by atoms with Crippen molar-refractivity contribution < 1.29 is 4.79 Å². The van der Waals surface area contributed by atoms with Crippen LogP contribution in [-0.4, -0.2) is 28.2 Å². The number of nitrogens with zero attached hydrogens (tertiary/aromatic N) is 2. The van der Waals surface area contributed by atoms with Crippen LogP contribution in [0, 0.1) is 17.2 Å². The monoisotopic (exact) mass is 260 g/mol. The largest absolute Gasteiger partial charge is 0.327 e. The van der Waals surface area contributed by atoms with Crippen LogP contribution in [-0.2, 0) is 4.79 Å². The second-order valence-electron chi connectivity index (χ2n) is 4.21. The Bertz CT molecular complexity index is 255. The minimum absolute atomic E-state index is 0.0495. The summed E-state index contributed by atoms with van der Waals surface area (Å²) in [6.07, 6.45) is 0. The van der Waals surface area contributed by atoms with Crippen LogP contribution in [0.25, 0.3) is 0 Å². The van der Waals surface area contributed by atoms with Gasteiger partial charge in [-0.15, -0.1) is 0 Å². The highest BCUT2D eigenvalue weighted by molar-refractivity contribution is 9.10. The summed E-state index contributed by atoms with van der Waals surface area (Å²) in [6, 6.07) is 2.10. The Hall–Kier alpha value is -0.560. The van der Waals surface area contributed by atoms with Crippen molar-refractivity contribution in [3.8, 4) is 6.07 Å². The van der Waals surface area contributed by atoms with E-state index in [1.54, 1.807) is 20.9 Å². The lowest BCUT2D eigenvalue weighted by Crippen LogP contribution is -2.47. The van der Waals surface area contributed by atoms with E-state index in [1.807, 2.05) is 13.8 Å². The minimum Gasteiger partial charge on any atom is -0.327 e. The zero-order valence-corrected chi connectivity index (χ0v) is 10.9. The summed E-state index contributed by atoms with van der Waals surface area (Å²) in [5, 5.41) is 8.87. The highest BCUT2D eigenvalue weighted by Gasteiger charge is 2.31. The van der Waals surface area contributed by atoms with Crippen molar-refractivity contribution in [2.75, 3.05) is 7.05 Å². The van der Waals surface area contributed by atoms with E-state index in [9.17, 15) is 4.79 Å². The molecule has 3 nitrogen and oxygen atoms in total. The van der Waals surface area contributed by atoms with Crippen LogP contribution in [0.1, 0.15) is 27.7 Å². The first-order valence-corrected chi connectivity index (χ1v) is 5.48. The lowest BCUT2D eigenvalue weighted by atomic mass is 10.0. The molecule has 1 amide bonds. The fourth-order valence-corrected chi connectivity index (χ4v) is 1.13. The summed E-state index contributed by atoms with van der Waals surface area (Å²) in [7, 11) is 1.65. The van der Waals surface area contributed by atoms with Crippen molar-refractivity contribution in [2.24, 2.45) is 5.92 Å². The summed E-state index contributed by atoms with van der Waals surface area (Å²) in [6.45, 7) is 7.38. The van der Waals surface area contributed by atoms with E-state index in [1.165, 1.54) is 4.90 Å². The van der Waals surface area contributed by atoms with Crippen molar-refractivity contribution in [3.63, 3.8) is 0 Å². The van der Waals surface area contributed by atoms with Gasteiger partial charge in [0.25, 0.3) is 0 Å². The standard InChI is InChI=1S/C10H17BrN2O/c1-7(2)8(11)9(14)13(5)10(3,4)6-12/h7-8H,1-5H3. The number of hydrogen-bond donors (Lipinski definition) is 0. The molecule has 0 rings (SSSR count). The molecular weight excluding hydrogens is 244 g/mol. The maximum absolute atomic E-state index is 11.8. The predicted molar refractivity (Wildman–Crippen MR) is 60.0 cm³/mol. The van der Waals surface area contributed by atoms with Gasteiger partial charge in [0.15, 0.2) is 0 Å². The second kappa shape index (κ2) is 4.79. The number of carbonyl (C=O) groups is 1. The van der Waals surface area contributed by atoms with Crippen LogP contribution in [0.2, 0.25) is 0 Å². The van der Waals surface area contributed by atoms with E-state index in [0.29, 0.717) is 0 Å². The van der Waals surface area contributed by atoms with Gasteiger partial charge in [0.2, 0.25) is 5.91 Å². The molecule has 0 aromatic heterocycles. The van der Waals surface area contributed by atoms with Crippen LogP contribution in [0.5, 0.6) is 0 Å². The summed E-state index contributed by atoms with van der Waals surface area (Å²) in [5.74, 6) is 0.172. The third kappa shape index (κ3) is 2.98. The van der Waals surface area contributed by atoms with Crippen molar-refractivity contribution in [3.05, 3.63) is 0 Å². The van der Waals surface area contributed by atoms with Gasteiger partial charge in [0, 0.05) is 7.05 Å². The molecule has 1 unspecified atom stereocenters. The smallest absolute Gasteiger partial charge is 0.237 e. The number of carbonyl (C=O) groups excluding carboxylic acids is 1. The third-order valence-corrected chi connectivity index (χ3v) is 3.71. The molecule has 0 saturated carbocycles. The zero-order valence-electron chi connectivity index (χ0n) is 9.34. The summed E-state index contributed by atoms with van der Waals surface area (Å²) < 4.78 is 0. The fraction of sp³-hybridized carbons (Fsp3) is 0.800. The van der Waals surface area contributed by atoms with Crippen molar-refractivity contribution in [1.82, 2.24) is 4.90 Å². The Balaban J connectivity index is 4.65. The average Bonchev–Trinajstić information content (AvgIpc) is 2.14. The number of halogens is 1. The molecule has 0 saturated heterocycles. The Morgan fingerprint density at radius 1 is 1.50 bits per heavy atom. The van der Waals surface area contributed by atoms with Crippen LogP contribution < -0.4 is 0 Å². The third-order valence-electron chi connectivity index (χ3n) is 2.26. The van der Waals surface area contributed by atoms with Gasteiger partial charge in [0.1, 0.15) is 5.54 Å². The van der Waals surface area contributed by atoms with Gasteiger partial charge < -0.3 is 4.90 Å². The molecule has 14 heavy (non-hydrogen) atoms. The van der Waals surface area contributed by atoms with Gasteiger partial charge >= 0.3 is 0 Å². The molecule has 0 aromatic rings. The van der Waals surface area contributed by atoms with Crippen molar-refractivity contribution >= 4 is 21.8 Å². The van der Waals surface area contributed by atoms with E-state index in [0.717, 1.165) is 0 Å². The Morgan fingerprint density at radius 2 is 1.93 bits per heavy atom. The van der Waals surface area contributed by atoms with Crippen LogP contribution >= 0.6 is 15.9 Å². The molecule has 0 aromatic carbocycles. The van der Waals surface area contributed by atoms with Gasteiger partial charge in [-0.05, 0) is 19.8 Å². The molecule has 80 valence electrons. The topological polar surface area (TPSA) is 44.1 Å². The highest BCUT2D eigenvalue weighted by atomic mass is 79.9. The van der Waals surface area contributed by atoms with E-state index >= 15 is 0 Å². The molecule has 0 bridgehead atoms. The normalized spacial score (nSPS) is 13.6. The lowest BCUT2D eigenvalue weighted by molar-refractivity contribution is -0.133. The Kier molecular flexibility index (Phi) is 4.60. The minimum atomic E-state index is -0.752. The maximum atomic E-state index is 11.8. The molecular formula is C10H17BrN2O. The zero-order chi connectivity index (χ0) is 11.5. The van der Waals surface area contributed by atoms with E-state index in [2.05, 4.69) is 22.0 Å². The van der Waals surface area contributed by atoms with Crippen molar-refractivity contribution in [1.29, 1.82) is 5.26 Å². The van der Waals surface area contributed by atoms with E-state index in [-0.39, 0.29) is 16.7 Å². The van der Waals surface area contributed by atoms with Gasteiger partial charge in [0.05, 0.1) is 10.9 Å². The molecule has 1 atom stereocenters. The molecule has 0 radical (unpaired) electrons. The molecule has 0 aliphatic rings. The Labute approximate surface area is 94.2 Å². The van der Waals surface area contributed by atoms with Gasteiger partial charge in [-0.2, -0.15) is 5.26 Å². The SMILES string of the molecule is CC(C)C(Br)C(=O)N(C)C(C)(C)C#N. The Morgan fingerprint density at radius 3 is 2.21 bits per heavy atom. The first-order valence-electron chi connectivity index (χ1n) is 4.57. The first kappa shape index (κ1) is 13.4. The summed E-state index contributed by atoms with van der Waals surface area (Å²) in [4.78, 5) is 13.1. The average molecular weight is 261 g/mol. The van der Waals surface area contributed by atoms with Crippen LogP contribution in [0.15, 0.2) is 0 Å². The highest BCUT2D eigenvalue weighted by Crippen LogP contribution is 2.19. The van der Waals surface area contributed by atoms with Crippen LogP contribution in [0.3, 0.4) is 0 Å². The molecule has 0 aliphatic heterocycles. The molecule has 4 heteroatoms. The number of rotatable bonds is 3. The maximum Gasteiger partial charge on any atom is 0.237 e. The van der Waals surface area contributed by atoms with E-state index in [4.69, 9.17) is 5.26 Å². The fourth-order valence-electron chi connectivity index (χ4n) is 0.821. The quantitative estimate of drug-likeness (QED) is 0.731. The molecule has 0 fully saturated rings. The van der Waals surface area contributed by atoms with E-state index < -0.39 is 5.54 Å². The van der Waals surface area contributed by atoms with Crippen LogP contribution in [0.4, 0.5) is 0 Å². The van der Waals surface area contributed by atoms with Gasteiger partial charge in [-0.25, -0.2) is 0 Å². The first-order chi connectivity index (χ1) is 6.24. The summed E-state index contributed by atoms with van der Waals surface area (Å²) in [5.41, 5.74) is -0.752. The summed E-state index contributed by atoms with van der Waals surface area (Å²) >= 11 is 3.33. The van der Waals surface area contributed by atoms with Gasteiger partial charge in [-0.3, -0.25) is 4.79 Å². The number of hydrogen-bond acceptors (Lipinski definition) is 2. The van der Waals surface area contributed by atoms with Crippen molar-refractivity contribution in [2.45, 2.75) is 38.1 Å².